The van der Waals surface area contributed by atoms with E-state index < -0.39 is 18.2 Å². The quantitative estimate of drug-likeness (QED) is 0.326. The third-order valence-electron chi connectivity index (χ3n) is 5.37. The molecule has 2 aromatic carbocycles. The molecule has 2 aromatic heterocycles. The first-order valence-corrected chi connectivity index (χ1v) is 10.4. The maximum atomic E-state index is 13.9. The Morgan fingerprint density at radius 2 is 1.76 bits per heavy atom. The Balaban J connectivity index is 1.64. The average molecular weight is 475 g/mol. The third-order valence-corrected chi connectivity index (χ3v) is 5.37. The fourth-order valence-corrected chi connectivity index (χ4v) is 3.48. The summed E-state index contributed by atoms with van der Waals surface area (Å²) in [4.78, 5) is 6.07. The van der Waals surface area contributed by atoms with Crippen LogP contribution in [0.25, 0.3) is 17.0 Å². The molecule has 1 atom stereocenters. The lowest BCUT2D eigenvalue weighted by Crippen LogP contribution is -2.29. The molecule has 7 nitrogen and oxygen atoms in total. The molecule has 0 aliphatic heterocycles. The van der Waals surface area contributed by atoms with Crippen molar-refractivity contribution in [1.29, 1.82) is 0 Å². The summed E-state index contributed by atoms with van der Waals surface area (Å²) in [5.41, 5.74) is 1.56. The van der Waals surface area contributed by atoms with Gasteiger partial charge in [0, 0.05) is 5.56 Å². The Labute approximate surface area is 192 Å². The van der Waals surface area contributed by atoms with Crippen LogP contribution in [0.1, 0.15) is 18.5 Å². The summed E-state index contributed by atoms with van der Waals surface area (Å²) in [5, 5.41) is 8.28. The number of nitrogens with zero attached hydrogens (tertiary/aromatic N) is 5. The van der Waals surface area contributed by atoms with Gasteiger partial charge in [-0.25, -0.2) is 13.2 Å². The minimum Gasteiger partial charge on any atom is -0.475 e. The summed E-state index contributed by atoms with van der Waals surface area (Å²) in [6.07, 6.45) is 2.99. The SMILES string of the molecule is CCN(C)C(COc1cncc2nnc(-c3ccc(OC(F)F)cc3)n12)c1ccc(F)c(F)c1. The van der Waals surface area contributed by atoms with Crippen molar-refractivity contribution in [3.63, 3.8) is 0 Å². The molecule has 0 radical (unpaired) electrons. The molecule has 2 heterocycles. The first kappa shape index (κ1) is 23.4. The Morgan fingerprint density at radius 3 is 2.44 bits per heavy atom. The normalized spacial score (nSPS) is 12.5. The topological polar surface area (TPSA) is 64.8 Å². The Hall–Kier alpha value is -3.73. The molecule has 0 saturated carbocycles. The van der Waals surface area contributed by atoms with Crippen LogP contribution in [-0.4, -0.2) is 51.3 Å². The van der Waals surface area contributed by atoms with E-state index in [1.54, 1.807) is 16.5 Å². The fourth-order valence-electron chi connectivity index (χ4n) is 3.48. The highest BCUT2D eigenvalue weighted by Crippen LogP contribution is 2.27. The molecule has 0 spiro atoms. The molecule has 34 heavy (non-hydrogen) atoms. The van der Waals surface area contributed by atoms with E-state index >= 15 is 0 Å². The summed E-state index contributed by atoms with van der Waals surface area (Å²) in [7, 11) is 1.85. The number of hydrogen-bond donors (Lipinski definition) is 0. The number of aromatic nitrogens is 4. The fraction of sp³-hybridized carbons (Fsp3) is 0.261. The van der Waals surface area contributed by atoms with E-state index in [1.807, 2.05) is 18.9 Å². The van der Waals surface area contributed by atoms with Gasteiger partial charge < -0.3 is 9.47 Å². The summed E-state index contributed by atoms with van der Waals surface area (Å²) in [6, 6.07) is 9.34. The minimum absolute atomic E-state index is 0.0164. The Morgan fingerprint density at radius 1 is 1.00 bits per heavy atom. The van der Waals surface area contributed by atoms with Gasteiger partial charge >= 0.3 is 6.61 Å². The number of fused-ring (bicyclic) bond motifs is 1. The number of rotatable bonds is 9. The van der Waals surface area contributed by atoms with Crippen molar-refractivity contribution in [3.8, 4) is 23.0 Å². The summed E-state index contributed by atoms with van der Waals surface area (Å²) < 4.78 is 64.3. The van der Waals surface area contributed by atoms with Crippen LogP contribution < -0.4 is 9.47 Å². The van der Waals surface area contributed by atoms with E-state index in [-0.39, 0.29) is 18.4 Å². The van der Waals surface area contributed by atoms with E-state index in [1.165, 1.54) is 30.6 Å². The van der Waals surface area contributed by atoms with Gasteiger partial charge in [-0.05, 0) is 55.6 Å². The first-order chi connectivity index (χ1) is 16.4. The summed E-state index contributed by atoms with van der Waals surface area (Å²) >= 11 is 0. The second-order valence-corrected chi connectivity index (χ2v) is 7.44. The largest absolute Gasteiger partial charge is 0.475 e. The lowest BCUT2D eigenvalue weighted by Gasteiger charge is -2.27. The van der Waals surface area contributed by atoms with Crippen molar-refractivity contribution < 1.29 is 27.0 Å². The maximum Gasteiger partial charge on any atom is 0.387 e. The molecular weight excluding hydrogens is 454 g/mol. The predicted octanol–water partition coefficient (Wildman–Crippen LogP) is 4.74. The third kappa shape index (κ3) is 4.93. The minimum atomic E-state index is -2.92. The zero-order valence-corrected chi connectivity index (χ0v) is 18.3. The summed E-state index contributed by atoms with van der Waals surface area (Å²) in [5.74, 6) is -1.11. The molecule has 0 fully saturated rings. The van der Waals surface area contributed by atoms with Crippen molar-refractivity contribution in [3.05, 3.63) is 72.1 Å². The molecule has 0 saturated heterocycles. The second-order valence-electron chi connectivity index (χ2n) is 7.44. The van der Waals surface area contributed by atoms with E-state index in [0.717, 1.165) is 12.1 Å². The molecule has 4 aromatic rings. The van der Waals surface area contributed by atoms with Crippen molar-refractivity contribution in [1.82, 2.24) is 24.5 Å². The standard InChI is InChI=1S/C23H21F4N5O2/c1-3-31(2)19(15-6-9-17(24)18(25)10-15)13-33-21-12-28-11-20-29-30-22(32(20)21)14-4-7-16(8-5-14)34-23(26)27/h4-12,19,23H,3,13H2,1-2H3. The number of likely N-dealkylation sites (N-methyl/N-ethyl adjacent to an activating group) is 1. The molecule has 11 heteroatoms. The van der Waals surface area contributed by atoms with Gasteiger partial charge in [0.05, 0.1) is 18.4 Å². The zero-order valence-electron chi connectivity index (χ0n) is 18.3. The van der Waals surface area contributed by atoms with Crippen LogP contribution in [0.3, 0.4) is 0 Å². The van der Waals surface area contributed by atoms with Crippen LogP contribution in [0.2, 0.25) is 0 Å². The second kappa shape index (κ2) is 10.0. The molecule has 178 valence electrons. The number of halogens is 4. The molecular formula is C23H21F4N5O2. The van der Waals surface area contributed by atoms with Gasteiger partial charge in [-0.1, -0.05) is 13.0 Å². The van der Waals surface area contributed by atoms with Crippen molar-refractivity contribution in [2.75, 3.05) is 20.2 Å². The zero-order chi connectivity index (χ0) is 24.2. The highest BCUT2D eigenvalue weighted by molar-refractivity contribution is 5.61. The van der Waals surface area contributed by atoms with Crippen LogP contribution >= 0.6 is 0 Å². The van der Waals surface area contributed by atoms with Gasteiger partial charge in [-0.3, -0.25) is 9.88 Å². The average Bonchev–Trinajstić information content (AvgIpc) is 3.26. The Bertz CT molecular complexity index is 1270. The number of benzene rings is 2. The molecule has 0 amide bonds. The molecule has 0 aliphatic carbocycles. The highest BCUT2D eigenvalue weighted by atomic mass is 19.3. The van der Waals surface area contributed by atoms with E-state index in [2.05, 4.69) is 19.9 Å². The van der Waals surface area contributed by atoms with Crippen molar-refractivity contribution in [2.45, 2.75) is 19.6 Å². The molecule has 4 rings (SSSR count). The van der Waals surface area contributed by atoms with E-state index in [9.17, 15) is 17.6 Å². The Kier molecular flexibility index (Phi) is 6.92. The van der Waals surface area contributed by atoms with E-state index in [0.29, 0.717) is 35.0 Å². The van der Waals surface area contributed by atoms with Crippen LogP contribution in [-0.2, 0) is 0 Å². The van der Waals surface area contributed by atoms with Gasteiger partial charge in [0.25, 0.3) is 0 Å². The number of hydrogen-bond acceptors (Lipinski definition) is 6. The molecule has 0 N–H and O–H groups in total. The smallest absolute Gasteiger partial charge is 0.387 e. The number of alkyl halides is 2. The predicted molar refractivity (Wildman–Crippen MR) is 116 cm³/mol. The van der Waals surface area contributed by atoms with Gasteiger partial charge in [-0.2, -0.15) is 8.78 Å². The van der Waals surface area contributed by atoms with Crippen LogP contribution in [0, 0.1) is 11.6 Å². The van der Waals surface area contributed by atoms with Gasteiger partial charge in [0.15, 0.2) is 23.1 Å². The lowest BCUT2D eigenvalue weighted by molar-refractivity contribution is -0.0498. The number of ether oxygens (including phenoxy) is 2. The first-order valence-electron chi connectivity index (χ1n) is 10.4. The van der Waals surface area contributed by atoms with Gasteiger partial charge in [0.1, 0.15) is 12.4 Å². The van der Waals surface area contributed by atoms with Crippen molar-refractivity contribution in [2.24, 2.45) is 0 Å². The lowest BCUT2D eigenvalue weighted by atomic mass is 10.1. The van der Waals surface area contributed by atoms with Crippen LogP contribution in [0.15, 0.2) is 54.9 Å². The molecule has 0 bridgehead atoms. The van der Waals surface area contributed by atoms with Crippen LogP contribution in [0.5, 0.6) is 11.6 Å². The monoisotopic (exact) mass is 475 g/mol. The molecule has 0 aliphatic rings. The highest BCUT2D eigenvalue weighted by Gasteiger charge is 2.21. The van der Waals surface area contributed by atoms with Gasteiger partial charge in [0.2, 0.25) is 5.88 Å². The van der Waals surface area contributed by atoms with Crippen LogP contribution in [0.4, 0.5) is 17.6 Å². The maximum absolute atomic E-state index is 13.9. The summed E-state index contributed by atoms with van der Waals surface area (Å²) in [6.45, 7) is -0.237. The molecule has 1 unspecified atom stereocenters. The van der Waals surface area contributed by atoms with E-state index in [4.69, 9.17) is 4.74 Å². The van der Waals surface area contributed by atoms with Gasteiger partial charge in [-0.15, -0.1) is 10.2 Å². The van der Waals surface area contributed by atoms with Crippen molar-refractivity contribution >= 4 is 5.65 Å².